The first-order valence-electron chi connectivity index (χ1n) is 11.4. The number of aryl methyl sites for hydroxylation is 1. The van der Waals surface area contributed by atoms with Gasteiger partial charge in [-0.25, -0.2) is 0 Å². The molecule has 6 rings (SSSR count). The Bertz CT molecular complexity index is 1220. The van der Waals surface area contributed by atoms with Crippen LogP contribution in [0, 0.1) is 36.5 Å². The van der Waals surface area contributed by atoms with Crippen molar-refractivity contribution in [3.8, 4) is 0 Å². The van der Waals surface area contributed by atoms with Gasteiger partial charge in [-0.05, 0) is 43.1 Å². The van der Waals surface area contributed by atoms with Crippen LogP contribution in [0.15, 0.2) is 34.1 Å². The quantitative estimate of drug-likeness (QED) is 0.632. The smallest absolute Gasteiger partial charge is 0.305 e. The molecule has 1 aromatic heterocycles. The van der Waals surface area contributed by atoms with Crippen molar-refractivity contribution in [2.45, 2.75) is 42.4 Å². The van der Waals surface area contributed by atoms with E-state index in [1.807, 2.05) is 6.92 Å². The van der Waals surface area contributed by atoms with Crippen molar-refractivity contribution in [2.75, 3.05) is 6.54 Å². The summed E-state index contributed by atoms with van der Waals surface area (Å²) in [6, 6.07) is 8.44. The zero-order valence-corrected chi connectivity index (χ0v) is 19.7. The molecule has 3 heterocycles. The summed E-state index contributed by atoms with van der Waals surface area (Å²) >= 11 is 2.95. The van der Waals surface area contributed by atoms with Crippen molar-refractivity contribution in [1.29, 1.82) is 0 Å². The molecular weight excluding hydrogens is 460 g/mol. The predicted octanol–water partition coefficient (Wildman–Crippen LogP) is 3.08. The van der Waals surface area contributed by atoms with Crippen LogP contribution in [-0.4, -0.2) is 44.6 Å². The maximum absolute atomic E-state index is 13.4. The van der Waals surface area contributed by atoms with E-state index in [9.17, 15) is 19.2 Å². The molecule has 2 aliphatic carbocycles. The highest BCUT2D eigenvalue weighted by atomic mass is 32.2. The number of benzene rings is 1. The van der Waals surface area contributed by atoms with Gasteiger partial charge >= 0.3 is 10.8 Å². The molecule has 0 spiro atoms. The number of thiazole rings is 1. The van der Waals surface area contributed by atoms with Gasteiger partial charge in [-0.3, -0.25) is 24.1 Å². The number of thioether (sulfide) groups is 1. The number of fused-ring (bicyclic) bond motifs is 9. The van der Waals surface area contributed by atoms with E-state index in [0.29, 0.717) is 0 Å². The van der Waals surface area contributed by atoms with Gasteiger partial charge in [-0.1, -0.05) is 41.2 Å². The highest BCUT2D eigenvalue weighted by Crippen LogP contribution is 2.68. The van der Waals surface area contributed by atoms with Crippen molar-refractivity contribution < 1.29 is 19.5 Å². The van der Waals surface area contributed by atoms with Crippen LogP contribution in [0.2, 0.25) is 0 Å². The minimum atomic E-state index is -0.919. The van der Waals surface area contributed by atoms with Crippen LogP contribution < -0.4 is 4.87 Å². The molecule has 7 nitrogen and oxygen atoms in total. The molecule has 4 aliphatic rings. The first-order chi connectivity index (χ1) is 15.8. The highest BCUT2D eigenvalue weighted by molar-refractivity contribution is 8.00. The number of carboxylic acids is 1. The number of aromatic amines is 1. The van der Waals surface area contributed by atoms with Crippen molar-refractivity contribution in [2.24, 2.45) is 29.6 Å². The Morgan fingerprint density at radius 1 is 1.12 bits per heavy atom. The van der Waals surface area contributed by atoms with Gasteiger partial charge in [0.05, 0.1) is 16.9 Å². The van der Waals surface area contributed by atoms with E-state index in [1.165, 1.54) is 21.8 Å². The van der Waals surface area contributed by atoms with Crippen molar-refractivity contribution in [1.82, 2.24) is 9.88 Å². The van der Waals surface area contributed by atoms with E-state index in [0.717, 1.165) is 21.9 Å². The minimum absolute atomic E-state index is 0.0377. The van der Waals surface area contributed by atoms with Crippen LogP contribution in [0.4, 0.5) is 0 Å². The number of carbonyl (C=O) groups excluding carboxylic acids is 2. The van der Waals surface area contributed by atoms with Crippen molar-refractivity contribution >= 4 is 40.9 Å². The number of amides is 2. The molecule has 2 N–H and O–H groups in total. The zero-order chi connectivity index (χ0) is 23.0. The monoisotopic (exact) mass is 484 g/mol. The molecule has 2 aromatic rings. The number of carbonyl (C=O) groups is 3. The van der Waals surface area contributed by atoms with Crippen LogP contribution in [0.1, 0.15) is 41.2 Å². The molecule has 1 aromatic carbocycles. The number of rotatable bonds is 5. The number of nitrogens with one attached hydrogen (secondary N) is 1. The molecule has 2 saturated carbocycles. The SMILES string of the molecule is Cc1ccc([C@H]2c3sc(=O)[nH]c3S[C@H]3[C@@H]4C[C@@H]([C@@H]5C(=O)N(CCCC(=O)O)C(=O)[C@@H]45)[C@H]23)cc1. The fourth-order valence-corrected chi connectivity index (χ4v) is 9.72. The summed E-state index contributed by atoms with van der Waals surface area (Å²) in [6.45, 7) is 2.23. The third-order valence-electron chi connectivity index (χ3n) is 8.02. The molecule has 2 aliphatic heterocycles. The minimum Gasteiger partial charge on any atom is -0.481 e. The lowest BCUT2D eigenvalue weighted by atomic mass is 9.68. The van der Waals surface area contributed by atoms with Crippen LogP contribution in [-0.2, 0) is 14.4 Å². The summed E-state index contributed by atoms with van der Waals surface area (Å²) in [7, 11) is 0. The zero-order valence-electron chi connectivity index (χ0n) is 18.0. The number of H-pyrrole nitrogens is 1. The number of hydrogen-bond acceptors (Lipinski definition) is 6. The second kappa shape index (κ2) is 7.56. The summed E-state index contributed by atoms with van der Waals surface area (Å²) in [4.78, 5) is 55.1. The third kappa shape index (κ3) is 3.08. The van der Waals surface area contributed by atoms with Gasteiger partial charge in [0, 0.05) is 29.0 Å². The second-order valence-electron chi connectivity index (χ2n) is 9.70. The van der Waals surface area contributed by atoms with Crippen LogP contribution >= 0.6 is 23.1 Å². The van der Waals surface area contributed by atoms with E-state index in [4.69, 9.17) is 5.11 Å². The Labute approximate surface area is 198 Å². The van der Waals surface area contributed by atoms with E-state index < -0.39 is 5.97 Å². The van der Waals surface area contributed by atoms with Crippen molar-refractivity contribution in [3.05, 3.63) is 49.9 Å². The maximum Gasteiger partial charge on any atom is 0.305 e. The first kappa shape index (κ1) is 21.2. The number of hydrogen-bond donors (Lipinski definition) is 2. The van der Waals surface area contributed by atoms with Gasteiger partial charge in [0.2, 0.25) is 11.8 Å². The van der Waals surface area contributed by atoms with E-state index in [2.05, 4.69) is 29.2 Å². The van der Waals surface area contributed by atoms with Gasteiger partial charge in [-0.15, -0.1) is 11.8 Å². The lowest BCUT2D eigenvalue weighted by Crippen LogP contribution is -2.42. The normalized spacial score (nSPS) is 33.8. The summed E-state index contributed by atoms with van der Waals surface area (Å²) in [5.41, 5.74) is 2.33. The van der Waals surface area contributed by atoms with Gasteiger partial charge in [0.1, 0.15) is 0 Å². The van der Waals surface area contributed by atoms with Gasteiger partial charge in [-0.2, -0.15) is 0 Å². The molecule has 9 heteroatoms. The van der Waals surface area contributed by atoms with Gasteiger partial charge in [0.25, 0.3) is 0 Å². The first-order valence-corrected chi connectivity index (χ1v) is 13.1. The van der Waals surface area contributed by atoms with E-state index >= 15 is 0 Å². The molecule has 2 bridgehead atoms. The molecule has 172 valence electrons. The standard InChI is InChI=1S/C24H24N2O5S2/c1-10-4-6-11(7-5-10)15-16-12-9-13(19(16)32-21-20(15)33-24(31)25-21)18-17(12)22(29)26(23(18)30)8-2-3-14(27)28/h4-7,12-13,15-19H,2-3,8-9H2,1H3,(H,25,31)(H,27,28)/t12-,13-,15-,16-,17+,18+,19+/m1/s1. The second-order valence-corrected chi connectivity index (χ2v) is 11.9. The third-order valence-corrected chi connectivity index (χ3v) is 10.6. The molecule has 1 saturated heterocycles. The number of imide groups is 1. The number of aromatic nitrogens is 1. The van der Waals surface area contributed by atoms with Gasteiger partial charge in [0.15, 0.2) is 0 Å². The number of nitrogens with zero attached hydrogens (tertiary/aromatic N) is 1. The molecular formula is C24H24N2O5S2. The van der Waals surface area contributed by atoms with Gasteiger partial charge < -0.3 is 10.1 Å². The Morgan fingerprint density at radius 2 is 1.82 bits per heavy atom. The molecule has 7 atom stereocenters. The lowest BCUT2D eigenvalue weighted by Gasteiger charge is -2.43. The van der Waals surface area contributed by atoms with Crippen LogP contribution in [0.5, 0.6) is 0 Å². The summed E-state index contributed by atoms with van der Waals surface area (Å²) in [6.07, 6.45) is 1.09. The largest absolute Gasteiger partial charge is 0.481 e. The average Bonchev–Trinajstić information content (AvgIpc) is 3.49. The Kier molecular flexibility index (Phi) is 4.85. The molecule has 0 radical (unpaired) electrons. The maximum atomic E-state index is 13.4. The topological polar surface area (TPSA) is 108 Å². The Hall–Kier alpha value is -2.39. The van der Waals surface area contributed by atoms with Crippen LogP contribution in [0.25, 0.3) is 0 Å². The Morgan fingerprint density at radius 3 is 2.52 bits per heavy atom. The highest BCUT2D eigenvalue weighted by Gasteiger charge is 2.69. The number of likely N-dealkylation sites (tertiary alicyclic amines) is 1. The summed E-state index contributed by atoms with van der Waals surface area (Å²) in [5, 5.41) is 10.0. The molecule has 2 amide bonds. The summed E-state index contributed by atoms with van der Waals surface area (Å²) < 4.78 is 0. The lowest BCUT2D eigenvalue weighted by molar-refractivity contribution is -0.142. The molecule has 0 unspecified atom stereocenters. The number of carboxylic acid groups (broad SMARTS) is 1. The van der Waals surface area contributed by atoms with E-state index in [-0.39, 0.29) is 76.8 Å². The van der Waals surface area contributed by atoms with Crippen molar-refractivity contribution in [3.63, 3.8) is 0 Å². The van der Waals surface area contributed by atoms with E-state index in [1.54, 1.807) is 11.8 Å². The Balaban J connectivity index is 1.37. The summed E-state index contributed by atoms with van der Waals surface area (Å²) in [5.74, 6) is -1.38. The molecule has 3 fully saturated rings. The van der Waals surface area contributed by atoms with Crippen LogP contribution in [0.3, 0.4) is 0 Å². The average molecular weight is 485 g/mol. The molecule has 33 heavy (non-hydrogen) atoms. The fourth-order valence-electron chi connectivity index (χ4n) is 6.83. The fraction of sp³-hybridized carbons (Fsp3) is 0.500. The predicted molar refractivity (Wildman–Crippen MR) is 123 cm³/mol. The number of aliphatic carboxylic acids is 1.